The first kappa shape index (κ1) is 10.7. The summed E-state index contributed by atoms with van der Waals surface area (Å²) in [7, 11) is 0. The molecule has 1 saturated heterocycles. The van der Waals surface area contributed by atoms with Gasteiger partial charge >= 0.3 is 51.4 Å². The van der Waals surface area contributed by atoms with Gasteiger partial charge in [-0.05, 0) is 12.8 Å². The van der Waals surface area contributed by atoms with Crippen LogP contribution in [0.25, 0.3) is 0 Å². The first-order chi connectivity index (χ1) is 3.80. The number of likely N-dealkylation sites (tertiary alicyclic amines) is 1. The van der Waals surface area contributed by atoms with Gasteiger partial charge in [0.05, 0.1) is 0 Å². The first-order valence-electron chi connectivity index (χ1n) is 2.76. The van der Waals surface area contributed by atoms with E-state index in [-0.39, 0.29) is 51.4 Å². The fourth-order valence-corrected chi connectivity index (χ4v) is 1.26. The van der Waals surface area contributed by atoms with Crippen molar-refractivity contribution in [1.82, 2.24) is 4.90 Å². The van der Waals surface area contributed by atoms with E-state index in [2.05, 4.69) is 4.90 Å². The first-order valence-corrected chi connectivity index (χ1v) is 3.58. The fourth-order valence-electron chi connectivity index (χ4n) is 0.900. The Labute approximate surface area is 109 Å². The normalized spacial score (nSPS) is 17.1. The van der Waals surface area contributed by atoms with Crippen molar-refractivity contribution in [2.24, 2.45) is 0 Å². The zero-order chi connectivity index (χ0) is 5.98. The average Bonchev–Trinajstić information content (AvgIpc) is 2.12. The number of hydrogen-bond acceptors (Lipinski definition) is 2. The van der Waals surface area contributed by atoms with Crippen molar-refractivity contribution in [3.05, 3.63) is 0 Å². The maximum atomic E-state index is 4.80. The van der Waals surface area contributed by atoms with Gasteiger partial charge < -0.3 is 29.7 Å². The van der Waals surface area contributed by atoms with Gasteiger partial charge in [-0.1, -0.05) is 4.32 Å². The van der Waals surface area contributed by atoms with E-state index in [1.165, 1.54) is 12.8 Å². The van der Waals surface area contributed by atoms with Gasteiger partial charge in [-0.15, -0.1) is 0 Å². The van der Waals surface area contributed by atoms with Gasteiger partial charge in [0.2, 0.25) is 0 Å². The standard InChI is InChI=1S/C5H9NS2.K/c7-5(8)6-3-1-2-4-6;/h1-4H2,(H,7,8);/q;+1/p-1. The summed E-state index contributed by atoms with van der Waals surface area (Å²) >= 11 is 9.59. The van der Waals surface area contributed by atoms with E-state index in [4.69, 9.17) is 24.8 Å². The van der Waals surface area contributed by atoms with Crippen molar-refractivity contribution >= 4 is 29.2 Å². The van der Waals surface area contributed by atoms with Crippen LogP contribution in [0, 0.1) is 0 Å². The molecule has 9 heavy (non-hydrogen) atoms. The van der Waals surface area contributed by atoms with Gasteiger partial charge in [-0.3, -0.25) is 0 Å². The van der Waals surface area contributed by atoms with Gasteiger partial charge in [0.1, 0.15) is 0 Å². The summed E-state index contributed by atoms with van der Waals surface area (Å²) in [6.07, 6.45) is 2.52. The Balaban J connectivity index is 0.000000640. The van der Waals surface area contributed by atoms with Gasteiger partial charge in [0.15, 0.2) is 0 Å². The molecule has 0 aromatic rings. The second-order valence-corrected chi connectivity index (χ2v) is 2.99. The van der Waals surface area contributed by atoms with E-state index in [9.17, 15) is 0 Å². The van der Waals surface area contributed by atoms with Crippen LogP contribution >= 0.6 is 12.2 Å². The Kier molecular flexibility index (Phi) is 6.45. The van der Waals surface area contributed by atoms with E-state index < -0.39 is 0 Å². The number of rotatable bonds is 0. The van der Waals surface area contributed by atoms with Gasteiger partial charge in [-0.25, -0.2) is 0 Å². The Morgan fingerprint density at radius 1 is 1.33 bits per heavy atom. The molecule has 1 nitrogen and oxygen atoms in total. The molecule has 1 aliphatic rings. The molecule has 4 heteroatoms. The molecule has 0 amide bonds. The molecule has 0 bridgehead atoms. The van der Waals surface area contributed by atoms with Crippen LogP contribution in [0.15, 0.2) is 0 Å². The van der Waals surface area contributed by atoms with E-state index in [0.717, 1.165) is 13.1 Å². The van der Waals surface area contributed by atoms with Gasteiger partial charge in [0.25, 0.3) is 0 Å². The summed E-state index contributed by atoms with van der Waals surface area (Å²) in [5, 5.41) is 0. The van der Waals surface area contributed by atoms with Gasteiger partial charge in [-0.2, -0.15) is 0 Å². The summed E-state index contributed by atoms with van der Waals surface area (Å²) in [5.74, 6) is 0. The van der Waals surface area contributed by atoms with E-state index >= 15 is 0 Å². The molecule has 0 spiro atoms. The van der Waals surface area contributed by atoms with Crippen molar-refractivity contribution in [2.75, 3.05) is 13.1 Å². The molecule has 0 aromatic heterocycles. The second-order valence-electron chi connectivity index (χ2n) is 1.96. The summed E-state index contributed by atoms with van der Waals surface area (Å²) in [4.78, 5) is 2.07. The number of hydrogen-bond donors (Lipinski definition) is 0. The third kappa shape index (κ3) is 3.60. The SMILES string of the molecule is S=C([S-])N1CCCC1.[K+]. The minimum atomic E-state index is 0. The Bertz CT molecular complexity index is 101. The summed E-state index contributed by atoms with van der Waals surface area (Å²) < 4.78 is 0.641. The van der Waals surface area contributed by atoms with Gasteiger partial charge in [0, 0.05) is 13.1 Å². The summed E-state index contributed by atoms with van der Waals surface area (Å²) in [6, 6.07) is 0. The monoisotopic (exact) mass is 185 g/mol. The van der Waals surface area contributed by atoms with Crippen molar-refractivity contribution in [1.29, 1.82) is 0 Å². The number of thiocarbonyl (C=S) groups is 1. The Morgan fingerprint density at radius 2 is 1.78 bits per heavy atom. The van der Waals surface area contributed by atoms with E-state index in [0.29, 0.717) is 4.32 Å². The van der Waals surface area contributed by atoms with E-state index in [1.807, 2.05) is 0 Å². The zero-order valence-electron chi connectivity index (χ0n) is 5.59. The van der Waals surface area contributed by atoms with Crippen LogP contribution in [-0.2, 0) is 12.6 Å². The minimum absolute atomic E-state index is 0. The maximum Gasteiger partial charge on any atom is 1.00 e. The molecule has 0 aliphatic carbocycles. The van der Waals surface area contributed by atoms with Crippen LogP contribution in [0.4, 0.5) is 0 Å². The van der Waals surface area contributed by atoms with Crippen LogP contribution in [0.2, 0.25) is 0 Å². The smallest absolute Gasteiger partial charge is 0.411 e. The largest absolute Gasteiger partial charge is 1.00 e. The third-order valence-corrected chi connectivity index (χ3v) is 1.88. The molecule has 46 valence electrons. The van der Waals surface area contributed by atoms with Crippen LogP contribution in [0.5, 0.6) is 0 Å². The molecule has 1 fully saturated rings. The zero-order valence-corrected chi connectivity index (χ0v) is 10.3. The van der Waals surface area contributed by atoms with E-state index in [1.54, 1.807) is 0 Å². The minimum Gasteiger partial charge on any atom is -0.411 e. The predicted octanol–water partition coefficient (Wildman–Crippen LogP) is -2.08. The van der Waals surface area contributed by atoms with Crippen LogP contribution < -0.4 is 51.4 Å². The average molecular weight is 185 g/mol. The van der Waals surface area contributed by atoms with Crippen molar-refractivity contribution in [3.8, 4) is 0 Å². The molecule has 1 aliphatic heterocycles. The third-order valence-electron chi connectivity index (χ3n) is 1.36. The molecule has 1 heterocycles. The molecule has 0 atom stereocenters. The van der Waals surface area contributed by atoms with Crippen molar-refractivity contribution in [3.63, 3.8) is 0 Å². The molecule has 1 rings (SSSR count). The van der Waals surface area contributed by atoms with Crippen molar-refractivity contribution in [2.45, 2.75) is 12.8 Å². The fraction of sp³-hybridized carbons (Fsp3) is 0.800. The van der Waals surface area contributed by atoms with Crippen molar-refractivity contribution < 1.29 is 51.4 Å². The topological polar surface area (TPSA) is 3.24 Å². The molecular weight excluding hydrogens is 177 g/mol. The molecular formula is C5H8KNS2. The molecule has 0 N–H and O–H groups in total. The predicted molar refractivity (Wildman–Crippen MR) is 40.8 cm³/mol. The second kappa shape index (κ2) is 5.40. The summed E-state index contributed by atoms with van der Waals surface area (Å²) in [5.41, 5.74) is 0. The van der Waals surface area contributed by atoms with Crippen LogP contribution in [-0.4, -0.2) is 22.3 Å². The quantitative estimate of drug-likeness (QED) is 0.242. The molecule has 0 unspecified atom stereocenters. The number of nitrogens with zero attached hydrogens (tertiary/aromatic N) is 1. The Morgan fingerprint density at radius 3 is 2.00 bits per heavy atom. The molecule has 0 aromatic carbocycles. The molecule has 0 radical (unpaired) electrons. The Hall–Kier alpha value is 1.75. The van der Waals surface area contributed by atoms with Crippen LogP contribution in [0.1, 0.15) is 12.8 Å². The van der Waals surface area contributed by atoms with Crippen LogP contribution in [0.3, 0.4) is 0 Å². The summed E-state index contributed by atoms with van der Waals surface area (Å²) in [6.45, 7) is 2.17. The molecule has 0 saturated carbocycles. The maximum absolute atomic E-state index is 4.80.